The van der Waals surface area contributed by atoms with Gasteiger partial charge in [-0.05, 0) is 0 Å². The Balaban J connectivity index is 3.06. The first-order valence-corrected chi connectivity index (χ1v) is 4.64. The number of thiazole rings is 1. The van der Waals surface area contributed by atoms with Crippen LogP contribution in [0.5, 0.6) is 0 Å². The molecule has 1 aromatic rings. The van der Waals surface area contributed by atoms with E-state index in [1.54, 1.807) is 0 Å². The predicted molar refractivity (Wildman–Crippen MR) is 48.5 cm³/mol. The average Bonchev–Trinajstić information content (AvgIpc) is 2.62. The Morgan fingerprint density at radius 3 is 2.50 bits per heavy atom. The van der Waals surface area contributed by atoms with Crippen LogP contribution < -0.4 is 4.90 Å². The smallest absolute Gasteiger partial charge is 0.471 e. The van der Waals surface area contributed by atoms with Gasteiger partial charge in [-0.3, -0.25) is 9.69 Å². The first-order valence-electron chi connectivity index (χ1n) is 3.76. The molecule has 0 radical (unpaired) electrons. The summed E-state index contributed by atoms with van der Waals surface area (Å²) in [5.41, 5.74) is 0.476. The largest absolute Gasteiger partial charge is 0.476 e. The summed E-state index contributed by atoms with van der Waals surface area (Å²) in [6.45, 7) is 0. The number of hydrogen-bond acceptors (Lipinski definition) is 4. The van der Waals surface area contributed by atoms with E-state index in [1.807, 2.05) is 0 Å². The lowest BCUT2D eigenvalue weighted by Crippen LogP contribution is -2.38. The van der Waals surface area contributed by atoms with Crippen LogP contribution in [-0.2, 0) is 4.79 Å². The number of anilines is 1. The molecule has 88 valence electrons. The number of alkyl halides is 3. The lowest BCUT2D eigenvalue weighted by molar-refractivity contribution is -0.170. The molecule has 0 fully saturated rings. The third-order valence-corrected chi connectivity index (χ3v) is 2.50. The van der Waals surface area contributed by atoms with Crippen LogP contribution in [0.1, 0.15) is 10.5 Å². The lowest BCUT2D eigenvalue weighted by Gasteiger charge is -2.16. The zero-order chi connectivity index (χ0) is 12.5. The molecule has 0 unspecified atom stereocenters. The maximum Gasteiger partial charge on any atom is 0.471 e. The van der Waals surface area contributed by atoms with Crippen molar-refractivity contribution in [2.45, 2.75) is 6.18 Å². The molecule has 9 heteroatoms. The molecule has 1 rings (SSSR count). The molecular formula is C7H5F3N2O3S. The highest BCUT2D eigenvalue weighted by Gasteiger charge is 2.43. The van der Waals surface area contributed by atoms with Crippen molar-refractivity contribution in [1.29, 1.82) is 0 Å². The Morgan fingerprint density at radius 1 is 1.50 bits per heavy atom. The number of aromatic nitrogens is 1. The van der Waals surface area contributed by atoms with Crippen LogP contribution in [-0.4, -0.2) is 35.2 Å². The number of carbonyl (C=O) groups is 2. The van der Waals surface area contributed by atoms with Crippen molar-refractivity contribution in [3.8, 4) is 0 Å². The highest BCUT2D eigenvalue weighted by atomic mass is 32.1. The number of nitrogens with zero attached hydrogens (tertiary/aromatic N) is 2. The van der Waals surface area contributed by atoms with Gasteiger partial charge in [0.25, 0.3) is 0 Å². The molecule has 0 aliphatic rings. The first-order chi connectivity index (χ1) is 7.25. The fraction of sp³-hybridized carbons (Fsp3) is 0.286. The predicted octanol–water partition coefficient (Wildman–Crippen LogP) is 1.37. The van der Waals surface area contributed by atoms with Gasteiger partial charge in [-0.25, -0.2) is 9.78 Å². The molecule has 1 aromatic heterocycles. The second kappa shape index (κ2) is 4.08. The molecule has 0 bridgehead atoms. The maximum atomic E-state index is 12.1. The molecular weight excluding hydrogens is 249 g/mol. The number of carboxylic acid groups (broad SMARTS) is 1. The van der Waals surface area contributed by atoms with Crippen LogP contribution in [0.15, 0.2) is 5.51 Å². The van der Waals surface area contributed by atoms with E-state index in [-0.39, 0.29) is 9.90 Å². The van der Waals surface area contributed by atoms with E-state index >= 15 is 0 Å². The third-order valence-electron chi connectivity index (χ3n) is 1.60. The Morgan fingerprint density at radius 2 is 2.06 bits per heavy atom. The summed E-state index contributed by atoms with van der Waals surface area (Å²) in [6.07, 6.45) is -5.05. The monoisotopic (exact) mass is 254 g/mol. The summed E-state index contributed by atoms with van der Waals surface area (Å²) < 4.78 is 36.2. The average molecular weight is 254 g/mol. The number of rotatable bonds is 2. The molecule has 5 nitrogen and oxygen atoms in total. The van der Waals surface area contributed by atoms with Gasteiger partial charge in [0.1, 0.15) is 5.00 Å². The zero-order valence-corrected chi connectivity index (χ0v) is 8.59. The summed E-state index contributed by atoms with van der Waals surface area (Å²) in [4.78, 5) is 25.0. The van der Waals surface area contributed by atoms with Crippen LogP contribution in [0.2, 0.25) is 0 Å². The SMILES string of the molecule is CN(C(=O)C(F)(F)F)c1scnc1C(=O)O. The van der Waals surface area contributed by atoms with E-state index in [0.717, 1.165) is 12.6 Å². The normalized spacial score (nSPS) is 11.2. The van der Waals surface area contributed by atoms with Gasteiger partial charge < -0.3 is 5.11 Å². The molecule has 0 aromatic carbocycles. The van der Waals surface area contributed by atoms with Gasteiger partial charge in [0, 0.05) is 7.05 Å². The Labute approximate surface area is 91.1 Å². The number of carbonyl (C=O) groups excluding carboxylic acids is 1. The number of aromatic carboxylic acids is 1. The van der Waals surface area contributed by atoms with Crippen LogP contribution >= 0.6 is 11.3 Å². The van der Waals surface area contributed by atoms with Crippen LogP contribution in [0, 0.1) is 0 Å². The number of halogens is 3. The summed E-state index contributed by atoms with van der Waals surface area (Å²) in [5.74, 6) is -3.63. The molecule has 0 aliphatic carbocycles. The molecule has 0 atom stereocenters. The molecule has 0 aliphatic heterocycles. The van der Waals surface area contributed by atoms with E-state index < -0.39 is 23.7 Å². The van der Waals surface area contributed by atoms with Crippen molar-refractivity contribution in [3.05, 3.63) is 11.2 Å². The standard InChI is InChI=1S/C7H5F3N2O3S/c1-12(6(15)7(8,9)10)4-3(5(13)14)11-2-16-4/h2H,1H3,(H,13,14). The maximum absolute atomic E-state index is 12.1. The topological polar surface area (TPSA) is 70.5 Å². The fourth-order valence-corrected chi connectivity index (χ4v) is 1.66. The first kappa shape index (κ1) is 12.4. The Hall–Kier alpha value is -1.64. The van der Waals surface area contributed by atoms with Crippen molar-refractivity contribution < 1.29 is 27.9 Å². The summed E-state index contributed by atoms with van der Waals surface area (Å²) in [6, 6.07) is 0. The van der Waals surface area contributed by atoms with Crippen molar-refractivity contribution in [2.75, 3.05) is 11.9 Å². The minimum Gasteiger partial charge on any atom is -0.476 e. The van der Waals surface area contributed by atoms with Crippen LogP contribution in [0.25, 0.3) is 0 Å². The van der Waals surface area contributed by atoms with Gasteiger partial charge in [-0.1, -0.05) is 0 Å². The summed E-state index contributed by atoms with van der Waals surface area (Å²) in [5, 5.41) is 8.26. The molecule has 1 amide bonds. The van der Waals surface area contributed by atoms with Crippen LogP contribution in [0.4, 0.5) is 18.2 Å². The number of amides is 1. The highest BCUT2D eigenvalue weighted by Crippen LogP contribution is 2.28. The molecule has 0 saturated carbocycles. The minimum absolute atomic E-state index is 0.223. The van der Waals surface area contributed by atoms with Gasteiger partial charge in [-0.15, -0.1) is 11.3 Å². The number of carboxylic acids is 1. The van der Waals surface area contributed by atoms with Crippen molar-refractivity contribution in [2.24, 2.45) is 0 Å². The summed E-state index contributed by atoms with van der Waals surface area (Å²) >= 11 is 0.644. The van der Waals surface area contributed by atoms with E-state index in [1.165, 1.54) is 0 Å². The van der Waals surface area contributed by atoms with E-state index in [9.17, 15) is 22.8 Å². The van der Waals surface area contributed by atoms with Crippen molar-refractivity contribution in [1.82, 2.24) is 4.98 Å². The number of hydrogen-bond donors (Lipinski definition) is 1. The molecule has 1 heterocycles. The van der Waals surface area contributed by atoms with Gasteiger partial charge in [0.15, 0.2) is 5.69 Å². The van der Waals surface area contributed by atoms with Crippen molar-refractivity contribution >= 4 is 28.2 Å². The highest BCUT2D eigenvalue weighted by molar-refractivity contribution is 7.14. The van der Waals surface area contributed by atoms with E-state index in [4.69, 9.17) is 5.11 Å². The molecule has 0 saturated heterocycles. The Kier molecular flexibility index (Phi) is 3.17. The van der Waals surface area contributed by atoms with Crippen molar-refractivity contribution in [3.63, 3.8) is 0 Å². The van der Waals surface area contributed by atoms with Gasteiger partial charge in [0.05, 0.1) is 5.51 Å². The second-order valence-electron chi connectivity index (χ2n) is 2.67. The molecule has 1 N–H and O–H groups in total. The fourth-order valence-electron chi connectivity index (χ4n) is 0.907. The van der Waals surface area contributed by atoms with E-state index in [2.05, 4.69) is 4.98 Å². The quantitative estimate of drug-likeness (QED) is 0.865. The summed E-state index contributed by atoms with van der Waals surface area (Å²) in [7, 11) is 0.843. The molecule has 0 spiro atoms. The van der Waals surface area contributed by atoms with Gasteiger partial charge in [-0.2, -0.15) is 13.2 Å². The minimum atomic E-state index is -5.05. The lowest BCUT2D eigenvalue weighted by atomic mass is 10.4. The van der Waals surface area contributed by atoms with Crippen LogP contribution in [0.3, 0.4) is 0 Å². The van der Waals surface area contributed by atoms with Gasteiger partial charge in [0.2, 0.25) is 0 Å². The third kappa shape index (κ3) is 2.30. The van der Waals surface area contributed by atoms with E-state index in [0.29, 0.717) is 11.3 Å². The van der Waals surface area contributed by atoms with Gasteiger partial charge >= 0.3 is 18.1 Å². The molecule has 16 heavy (non-hydrogen) atoms. The second-order valence-corrected chi connectivity index (χ2v) is 3.51. The Bertz CT molecular complexity index is 429. The zero-order valence-electron chi connectivity index (χ0n) is 7.78.